The molecule has 2 rings (SSSR count). The average molecular weight is 435 g/mol. The molecular formula is C16H23BrN2O5S. The van der Waals surface area contributed by atoms with Gasteiger partial charge in [0.15, 0.2) is 6.29 Å². The van der Waals surface area contributed by atoms with Gasteiger partial charge in [-0.05, 0) is 24.1 Å². The first-order valence-electron chi connectivity index (χ1n) is 7.91. The van der Waals surface area contributed by atoms with Crippen molar-refractivity contribution in [1.29, 1.82) is 0 Å². The van der Waals surface area contributed by atoms with Crippen molar-refractivity contribution in [2.75, 3.05) is 39.3 Å². The third kappa shape index (κ3) is 4.06. The Morgan fingerprint density at radius 2 is 2.00 bits per heavy atom. The number of hydrogen-bond acceptors (Lipinski definition) is 5. The monoisotopic (exact) mass is 434 g/mol. The maximum atomic E-state index is 13.1. The first-order valence-corrected chi connectivity index (χ1v) is 10.1. The maximum Gasteiger partial charge on any atom is 0.245 e. The fraction of sp³-hybridized carbons (Fsp3) is 0.562. The Morgan fingerprint density at radius 3 is 2.56 bits per heavy atom. The number of hydrogen-bond donors (Lipinski definition) is 0. The lowest BCUT2D eigenvalue weighted by Crippen LogP contribution is -2.37. The van der Waals surface area contributed by atoms with E-state index < -0.39 is 16.3 Å². The van der Waals surface area contributed by atoms with Crippen molar-refractivity contribution in [2.24, 2.45) is 0 Å². The molecule has 25 heavy (non-hydrogen) atoms. The van der Waals surface area contributed by atoms with E-state index >= 15 is 0 Å². The third-order valence-electron chi connectivity index (χ3n) is 4.22. The summed E-state index contributed by atoms with van der Waals surface area (Å²) < 4.78 is 38.3. The lowest BCUT2D eigenvalue weighted by atomic mass is 10.2. The van der Waals surface area contributed by atoms with Crippen LogP contribution in [0.15, 0.2) is 21.5 Å². The summed E-state index contributed by atoms with van der Waals surface area (Å²) in [5.41, 5.74) is 1.33. The summed E-state index contributed by atoms with van der Waals surface area (Å²) in [5, 5.41) is 0. The van der Waals surface area contributed by atoms with Crippen LogP contribution in [-0.4, -0.2) is 59.3 Å². The molecule has 0 aliphatic carbocycles. The largest absolute Gasteiger partial charge is 0.355 e. The standard InChI is InChI=1S/C16H23BrN2O5S/c1-5-14(20)19-7-6-11-8-12(17)9-13(16(11)19)25(21,22)18(2)10-15(23-3)24-4/h8-9,15H,5-7,10H2,1-4H3. The van der Waals surface area contributed by atoms with Crippen LogP contribution >= 0.6 is 15.9 Å². The molecule has 0 saturated heterocycles. The van der Waals surface area contributed by atoms with Crippen molar-refractivity contribution in [3.8, 4) is 0 Å². The van der Waals surface area contributed by atoms with E-state index in [4.69, 9.17) is 9.47 Å². The van der Waals surface area contributed by atoms with Gasteiger partial charge in [-0.2, -0.15) is 4.31 Å². The highest BCUT2D eigenvalue weighted by Crippen LogP contribution is 2.38. The number of carbonyl (C=O) groups excluding carboxylic acids is 1. The second-order valence-electron chi connectivity index (χ2n) is 5.75. The van der Waals surface area contributed by atoms with Crippen molar-refractivity contribution in [2.45, 2.75) is 31.0 Å². The van der Waals surface area contributed by atoms with Gasteiger partial charge < -0.3 is 14.4 Å². The lowest BCUT2D eigenvalue weighted by molar-refractivity contribution is -0.118. The molecule has 0 fully saturated rings. The Kier molecular flexibility index (Phi) is 6.61. The second kappa shape index (κ2) is 8.13. The summed E-state index contributed by atoms with van der Waals surface area (Å²) in [7, 11) is 0.543. The van der Waals surface area contributed by atoms with Crippen LogP contribution in [0.5, 0.6) is 0 Å². The summed E-state index contributed by atoms with van der Waals surface area (Å²) in [6.07, 6.45) is 0.277. The molecule has 1 heterocycles. The average Bonchev–Trinajstić information content (AvgIpc) is 3.01. The Labute approximate surface area is 157 Å². The first-order chi connectivity index (χ1) is 11.8. The Morgan fingerprint density at radius 1 is 1.36 bits per heavy atom. The van der Waals surface area contributed by atoms with Gasteiger partial charge in [0.05, 0.1) is 12.2 Å². The Bertz CT molecular complexity index is 749. The van der Waals surface area contributed by atoms with E-state index in [1.165, 1.54) is 25.6 Å². The molecule has 0 aromatic heterocycles. The SMILES string of the molecule is CCC(=O)N1CCc2cc(Br)cc(S(=O)(=O)N(C)CC(OC)OC)c21. The van der Waals surface area contributed by atoms with Crippen LogP contribution in [0.2, 0.25) is 0 Å². The second-order valence-corrected chi connectivity index (χ2v) is 8.68. The van der Waals surface area contributed by atoms with E-state index in [1.807, 2.05) is 6.07 Å². The number of amides is 1. The van der Waals surface area contributed by atoms with Crippen molar-refractivity contribution in [3.63, 3.8) is 0 Å². The van der Waals surface area contributed by atoms with Gasteiger partial charge in [-0.15, -0.1) is 0 Å². The van der Waals surface area contributed by atoms with E-state index in [0.29, 0.717) is 29.5 Å². The van der Waals surface area contributed by atoms with E-state index in [-0.39, 0.29) is 17.3 Å². The Hall–Kier alpha value is -1.00. The van der Waals surface area contributed by atoms with E-state index in [9.17, 15) is 13.2 Å². The number of ether oxygens (including phenoxy) is 2. The molecule has 0 bridgehead atoms. The summed E-state index contributed by atoms with van der Waals surface area (Å²) in [6, 6.07) is 3.41. The molecule has 0 saturated carbocycles. The number of methoxy groups -OCH3 is 2. The molecule has 0 atom stereocenters. The molecular weight excluding hydrogens is 412 g/mol. The predicted molar refractivity (Wildman–Crippen MR) is 98.1 cm³/mol. The van der Waals surface area contributed by atoms with Gasteiger partial charge in [0.25, 0.3) is 0 Å². The fourth-order valence-corrected chi connectivity index (χ4v) is 4.90. The Balaban J connectivity index is 2.50. The van der Waals surface area contributed by atoms with Crippen molar-refractivity contribution >= 4 is 37.5 Å². The van der Waals surface area contributed by atoms with Crippen molar-refractivity contribution < 1.29 is 22.7 Å². The molecule has 0 spiro atoms. The highest BCUT2D eigenvalue weighted by Gasteiger charge is 2.34. The number of rotatable bonds is 7. The smallest absolute Gasteiger partial charge is 0.245 e. The molecule has 1 aliphatic rings. The first kappa shape index (κ1) is 20.3. The number of fused-ring (bicyclic) bond motifs is 1. The number of sulfonamides is 1. The number of carbonyl (C=O) groups is 1. The zero-order valence-electron chi connectivity index (χ0n) is 14.8. The van der Waals surface area contributed by atoms with Crippen LogP contribution in [0.1, 0.15) is 18.9 Å². The summed E-state index contributed by atoms with van der Waals surface area (Å²) in [6.45, 7) is 2.29. The maximum absolute atomic E-state index is 13.1. The normalized spacial score (nSPS) is 14.4. The molecule has 7 nitrogen and oxygen atoms in total. The van der Waals surface area contributed by atoms with Crippen LogP contribution in [0.3, 0.4) is 0 Å². The van der Waals surface area contributed by atoms with E-state index in [0.717, 1.165) is 5.56 Å². The van der Waals surface area contributed by atoms with Gasteiger partial charge in [-0.25, -0.2) is 8.42 Å². The molecule has 0 unspecified atom stereocenters. The zero-order valence-corrected chi connectivity index (χ0v) is 17.2. The molecule has 1 amide bonds. The van der Waals surface area contributed by atoms with Gasteiger partial charge in [-0.3, -0.25) is 4.79 Å². The summed E-state index contributed by atoms with van der Waals surface area (Å²) >= 11 is 3.37. The quantitative estimate of drug-likeness (QED) is 0.613. The molecule has 1 aliphatic heterocycles. The third-order valence-corrected chi connectivity index (χ3v) is 6.51. The highest BCUT2D eigenvalue weighted by atomic mass is 79.9. The number of halogens is 1. The number of benzene rings is 1. The van der Waals surface area contributed by atoms with Crippen LogP contribution in [0.25, 0.3) is 0 Å². The number of anilines is 1. The topological polar surface area (TPSA) is 76.2 Å². The minimum atomic E-state index is -3.83. The molecule has 1 aromatic rings. The fourth-order valence-electron chi connectivity index (χ4n) is 2.83. The van der Waals surface area contributed by atoms with Gasteiger partial charge in [-0.1, -0.05) is 22.9 Å². The minimum Gasteiger partial charge on any atom is -0.355 e. The van der Waals surface area contributed by atoms with Gasteiger partial charge >= 0.3 is 0 Å². The number of likely N-dealkylation sites (N-methyl/N-ethyl adjacent to an activating group) is 1. The zero-order chi connectivity index (χ0) is 18.8. The lowest BCUT2D eigenvalue weighted by Gasteiger charge is -2.25. The van der Waals surface area contributed by atoms with Crippen molar-refractivity contribution in [1.82, 2.24) is 4.31 Å². The molecule has 0 N–H and O–H groups in total. The molecule has 9 heteroatoms. The van der Waals surface area contributed by atoms with Crippen LogP contribution in [0.4, 0.5) is 5.69 Å². The van der Waals surface area contributed by atoms with Crippen molar-refractivity contribution in [3.05, 3.63) is 22.2 Å². The van der Waals surface area contributed by atoms with Gasteiger partial charge in [0.2, 0.25) is 15.9 Å². The van der Waals surface area contributed by atoms with E-state index in [1.54, 1.807) is 17.9 Å². The summed E-state index contributed by atoms with van der Waals surface area (Å²) in [4.78, 5) is 13.9. The molecule has 1 aromatic carbocycles. The highest BCUT2D eigenvalue weighted by molar-refractivity contribution is 9.10. The molecule has 0 radical (unpaired) electrons. The van der Waals surface area contributed by atoms with Crippen LogP contribution < -0.4 is 4.90 Å². The predicted octanol–water partition coefficient (Wildman–Crippen LogP) is 1.99. The number of nitrogens with zero attached hydrogens (tertiary/aromatic N) is 2. The van der Waals surface area contributed by atoms with Crippen LogP contribution in [-0.2, 0) is 30.7 Å². The van der Waals surface area contributed by atoms with E-state index in [2.05, 4.69) is 15.9 Å². The summed E-state index contributed by atoms with van der Waals surface area (Å²) in [5.74, 6) is -0.0909. The van der Waals surface area contributed by atoms with Gasteiger partial charge in [0, 0.05) is 38.7 Å². The minimum absolute atomic E-state index is 0.0400. The molecule has 140 valence electrons. The van der Waals surface area contributed by atoms with Gasteiger partial charge in [0.1, 0.15) is 4.90 Å². The van der Waals surface area contributed by atoms with Crippen LogP contribution in [0, 0.1) is 0 Å².